The second-order valence-electron chi connectivity index (χ2n) is 2.95. The van der Waals surface area contributed by atoms with Gasteiger partial charge in [-0.15, -0.1) is 0 Å². The van der Waals surface area contributed by atoms with Crippen LogP contribution in [0.25, 0.3) is 0 Å². The van der Waals surface area contributed by atoms with Gasteiger partial charge in [0.05, 0.1) is 6.61 Å². The predicted octanol–water partition coefficient (Wildman–Crippen LogP) is 1.61. The smallest absolute Gasteiger partial charge is 0.197 e. The summed E-state index contributed by atoms with van der Waals surface area (Å²) in [7, 11) is 0. The number of aliphatic hydroxyl groups excluding tert-OH is 1. The highest BCUT2D eigenvalue weighted by molar-refractivity contribution is 6.30. The third kappa shape index (κ3) is 1.63. The van der Waals surface area contributed by atoms with Crippen LogP contribution >= 0.6 is 11.6 Å². The van der Waals surface area contributed by atoms with Crippen LogP contribution in [-0.2, 0) is 0 Å². The molecule has 1 aliphatic rings. The maximum atomic E-state index is 13.2. The van der Waals surface area contributed by atoms with Crippen LogP contribution < -0.4 is 9.47 Å². The fourth-order valence-electron chi connectivity index (χ4n) is 1.24. The number of aliphatic hydroxyl groups is 1. The Kier molecular flexibility index (Phi) is 2.48. The van der Waals surface area contributed by atoms with Crippen molar-refractivity contribution in [3.05, 3.63) is 23.0 Å². The lowest BCUT2D eigenvalue weighted by atomic mass is 10.2. The summed E-state index contributed by atoms with van der Waals surface area (Å²) in [6.07, 6.45) is -0.458. The zero-order valence-corrected chi connectivity index (χ0v) is 7.92. The first-order valence-electron chi connectivity index (χ1n) is 4.10. The topological polar surface area (TPSA) is 38.7 Å². The van der Waals surface area contributed by atoms with E-state index in [0.29, 0.717) is 0 Å². The van der Waals surface area contributed by atoms with Gasteiger partial charge in [-0.05, 0) is 6.07 Å². The SMILES string of the molecule is OCC1COc2c(F)cc(Cl)cc2O1. The molecule has 0 amide bonds. The fourth-order valence-corrected chi connectivity index (χ4v) is 1.44. The lowest BCUT2D eigenvalue weighted by molar-refractivity contribution is 0.0429. The Labute approximate surface area is 85.0 Å². The molecule has 0 aromatic heterocycles. The zero-order chi connectivity index (χ0) is 10.1. The van der Waals surface area contributed by atoms with E-state index in [9.17, 15) is 4.39 Å². The predicted molar refractivity (Wildman–Crippen MR) is 48.4 cm³/mol. The molecular weight excluding hydrogens is 211 g/mol. The van der Waals surface area contributed by atoms with E-state index in [0.717, 1.165) is 6.07 Å². The standard InChI is InChI=1S/C9H8ClFO3/c10-5-1-7(11)9-8(2-5)14-6(3-12)4-13-9/h1-2,6,12H,3-4H2. The molecule has 0 radical (unpaired) electrons. The van der Waals surface area contributed by atoms with E-state index >= 15 is 0 Å². The molecule has 76 valence electrons. The molecule has 3 nitrogen and oxygen atoms in total. The Morgan fingerprint density at radius 2 is 2.36 bits per heavy atom. The molecule has 0 saturated carbocycles. The molecule has 2 rings (SSSR count). The molecule has 14 heavy (non-hydrogen) atoms. The van der Waals surface area contributed by atoms with Gasteiger partial charge >= 0.3 is 0 Å². The molecular formula is C9H8ClFO3. The molecule has 0 aliphatic carbocycles. The minimum Gasteiger partial charge on any atom is -0.483 e. The van der Waals surface area contributed by atoms with E-state index in [4.69, 9.17) is 26.2 Å². The van der Waals surface area contributed by atoms with Crippen molar-refractivity contribution in [2.75, 3.05) is 13.2 Å². The average Bonchev–Trinajstić information content (AvgIpc) is 2.16. The second kappa shape index (κ2) is 3.63. The van der Waals surface area contributed by atoms with E-state index in [1.54, 1.807) is 0 Å². The van der Waals surface area contributed by atoms with Crippen LogP contribution in [0.3, 0.4) is 0 Å². The number of benzene rings is 1. The van der Waals surface area contributed by atoms with Crippen LogP contribution in [-0.4, -0.2) is 24.4 Å². The molecule has 0 fully saturated rings. The first-order valence-corrected chi connectivity index (χ1v) is 4.48. The van der Waals surface area contributed by atoms with Crippen LogP contribution in [0.4, 0.5) is 4.39 Å². The Hall–Kier alpha value is -1.00. The van der Waals surface area contributed by atoms with E-state index in [2.05, 4.69) is 0 Å². The summed E-state index contributed by atoms with van der Waals surface area (Å²) in [4.78, 5) is 0. The quantitative estimate of drug-likeness (QED) is 0.779. The van der Waals surface area contributed by atoms with E-state index < -0.39 is 11.9 Å². The van der Waals surface area contributed by atoms with Crippen LogP contribution in [0.1, 0.15) is 0 Å². The Balaban J connectivity index is 2.37. The largest absolute Gasteiger partial charge is 0.483 e. The summed E-state index contributed by atoms with van der Waals surface area (Å²) in [5.41, 5.74) is 0. The average molecular weight is 219 g/mol. The normalized spacial score (nSPS) is 19.5. The summed E-state index contributed by atoms with van der Waals surface area (Å²) in [6, 6.07) is 2.62. The Morgan fingerprint density at radius 3 is 3.07 bits per heavy atom. The summed E-state index contributed by atoms with van der Waals surface area (Å²) < 4.78 is 23.5. The molecule has 5 heteroatoms. The molecule has 1 N–H and O–H groups in total. The molecule has 1 aliphatic heterocycles. The van der Waals surface area contributed by atoms with E-state index in [1.165, 1.54) is 6.07 Å². The van der Waals surface area contributed by atoms with Gasteiger partial charge < -0.3 is 14.6 Å². The van der Waals surface area contributed by atoms with Gasteiger partial charge in [0.25, 0.3) is 0 Å². The van der Waals surface area contributed by atoms with Crippen molar-refractivity contribution in [3.63, 3.8) is 0 Å². The number of fused-ring (bicyclic) bond motifs is 1. The van der Waals surface area contributed by atoms with Crippen LogP contribution in [0, 0.1) is 5.82 Å². The Bertz CT molecular complexity index is 356. The maximum absolute atomic E-state index is 13.2. The molecule has 1 heterocycles. The van der Waals surface area contributed by atoms with E-state index in [1.807, 2.05) is 0 Å². The van der Waals surface area contributed by atoms with Crippen molar-refractivity contribution in [1.82, 2.24) is 0 Å². The van der Waals surface area contributed by atoms with Gasteiger partial charge in [0.2, 0.25) is 0 Å². The molecule has 1 unspecified atom stereocenters. The molecule has 0 saturated heterocycles. The first-order chi connectivity index (χ1) is 6.70. The van der Waals surface area contributed by atoms with Crippen molar-refractivity contribution in [3.8, 4) is 11.5 Å². The van der Waals surface area contributed by atoms with Crippen LogP contribution in [0.2, 0.25) is 5.02 Å². The highest BCUT2D eigenvalue weighted by Gasteiger charge is 2.23. The van der Waals surface area contributed by atoms with Crippen molar-refractivity contribution >= 4 is 11.6 Å². The fraction of sp³-hybridized carbons (Fsp3) is 0.333. The zero-order valence-electron chi connectivity index (χ0n) is 7.17. The van der Waals surface area contributed by atoms with Crippen molar-refractivity contribution < 1.29 is 19.0 Å². The molecule has 0 bridgehead atoms. The van der Waals surface area contributed by atoms with E-state index in [-0.39, 0.29) is 29.7 Å². The van der Waals surface area contributed by atoms with Crippen molar-refractivity contribution in [2.24, 2.45) is 0 Å². The number of hydrogen-bond donors (Lipinski definition) is 1. The monoisotopic (exact) mass is 218 g/mol. The third-order valence-electron chi connectivity index (χ3n) is 1.89. The number of hydrogen-bond acceptors (Lipinski definition) is 3. The summed E-state index contributed by atoms with van der Waals surface area (Å²) in [5.74, 6) is -0.261. The molecule has 1 aromatic carbocycles. The lowest BCUT2D eigenvalue weighted by Crippen LogP contribution is -2.32. The van der Waals surface area contributed by atoms with Crippen LogP contribution in [0.15, 0.2) is 12.1 Å². The number of halogens is 2. The minimum atomic E-state index is -0.552. The summed E-state index contributed by atoms with van der Waals surface area (Å²) in [5, 5.41) is 9.06. The Morgan fingerprint density at radius 1 is 1.57 bits per heavy atom. The molecule has 1 atom stereocenters. The summed E-state index contributed by atoms with van der Waals surface area (Å²) in [6.45, 7) is -0.0321. The second-order valence-corrected chi connectivity index (χ2v) is 3.38. The maximum Gasteiger partial charge on any atom is 0.197 e. The van der Waals surface area contributed by atoms with Gasteiger partial charge in [-0.3, -0.25) is 0 Å². The molecule has 0 spiro atoms. The van der Waals surface area contributed by atoms with Crippen molar-refractivity contribution in [2.45, 2.75) is 6.10 Å². The summed E-state index contributed by atoms with van der Waals surface area (Å²) >= 11 is 5.63. The van der Waals surface area contributed by atoms with Gasteiger partial charge in [0.15, 0.2) is 23.4 Å². The van der Waals surface area contributed by atoms with Gasteiger partial charge in [-0.1, -0.05) is 11.6 Å². The van der Waals surface area contributed by atoms with Gasteiger partial charge in [-0.2, -0.15) is 0 Å². The third-order valence-corrected chi connectivity index (χ3v) is 2.10. The van der Waals surface area contributed by atoms with Gasteiger partial charge in [0.1, 0.15) is 6.61 Å². The number of ether oxygens (including phenoxy) is 2. The first kappa shape index (κ1) is 9.55. The highest BCUT2D eigenvalue weighted by Crippen LogP contribution is 2.36. The van der Waals surface area contributed by atoms with Crippen molar-refractivity contribution in [1.29, 1.82) is 0 Å². The van der Waals surface area contributed by atoms with Gasteiger partial charge in [0, 0.05) is 11.1 Å². The minimum absolute atomic E-state index is 0.0547. The lowest BCUT2D eigenvalue weighted by Gasteiger charge is -2.25. The van der Waals surface area contributed by atoms with Crippen LogP contribution in [0.5, 0.6) is 11.5 Å². The molecule has 1 aromatic rings. The van der Waals surface area contributed by atoms with Gasteiger partial charge in [-0.25, -0.2) is 4.39 Å². The number of rotatable bonds is 1. The highest BCUT2D eigenvalue weighted by atomic mass is 35.5.